The van der Waals surface area contributed by atoms with Crippen molar-refractivity contribution < 1.29 is 4.79 Å². The molecule has 4 aromatic rings. The van der Waals surface area contributed by atoms with Crippen molar-refractivity contribution in [2.45, 2.75) is 6.17 Å². The predicted molar refractivity (Wildman–Crippen MR) is 115 cm³/mol. The normalized spacial score (nSPS) is 16.1. The SMILES string of the molecule is C=CCN1C(=O)c2ccccc2NC1c1c2ccccc2cc2ccccc12. The Kier molecular flexibility index (Phi) is 3.87. The van der Waals surface area contributed by atoms with E-state index in [4.69, 9.17) is 0 Å². The number of nitrogens with one attached hydrogen (secondary N) is 1. The lowest BCUT2D eigenvalue weighted by molar-refractivity contribution is 0.0709. The molecule has 1 unspecified atom stereocenters. The third kappa shape index (κ3) is 2.48. The molecule has 0 radical (unpaired) electrons. The Hall–Kier alpha value is -3.59. The summed E-state index contributed by atoms with van der Waals surface area (Å²) >= 11 is 0. The molecule has 0 aromatic heterocycles. The molecule has 3 nitrogen and oxygen atoms in total. The molecule has 1 heterocycles. The number of carbonyl (C=O) groups is 1. The second kappa shape index (κ2) is 6.54. The summed E-state index contributed by atoms with van der Waals surface area (Å²) in [6, 6.07) is 26.7. The average Bonchev–Trinajstić information content (AvgIpc) is 2.74. The highest BCUT2D eigenvalue weighted by Gasteiger charge is 2.33. The average molecular weight is 364 g/mol. The van der Waals surface area contributed by atoms with Crippen molar-refractivity contribution in [1.82, 2.24) is 4.90 Å². The molecule has 0 spiro atoms. The summed E-state index contributed by atoms with van der Waals surface area (Å²) < 4.78 is 0. The minimum absolute atomic E-state index is 0.0243. The van der Waals surface area contributed by atoms with Gasteiger partial charge in [0.05, 0.1) is 5.56 Å². The Morgan fingerprint density at radius 2 is 1.50 bits per heavy atom. The zero-order chi connectivity index (χ0) is 19.1. The molecule has 4 aromatic carbocycles. The summed E-state index contributed by atoms with van der Waals surface area (Å²) in [5.74, 6) is 0.0243. The second-order valence-electron chi connectivity index (χ2n) is 7.07. The Balaban J connectivity index is 1.82. The van der Waals surface area contributed by atoms with Crippen molar-refractivity contribution in [2.75, 3.05) is 11.9 Å². The number of amides is 1. The molecule has 5 rings (SSSR count). The van der Waals surface area contributed by atoms with Gasteiger partial charge in [-0.25, -0.2) is 0 Å². The zero-order valence-corrected chi connectivity index (χ0v) is 15.4. The van der Waals surface area contributed by atoms with E-state index in [0.29, 0.717) is 12.1 Å². The van der Waals surface area contributed by atoms with Crippen molar-refractivity contribution in [3.8, 4) is 0 Å². The van der Waals surface area contributed by atoms with Gasteiger partial charge in [-0.05, 0) is 39.7 Å². The monoisotopic (exact) mass is 364 g/mol. The van der Waals surface area contributed by atoms with Gasteiger partial charge >= 0.3 is 0 Å². The minimum Gasteiger partial charge on any atom is -0.361 e. The van der Waals surface area contributed by atoms with Crippen LogP contribution in [0.3, 0.4) is 0 Å². The number of para-hydroxylation sites is 1. The largest absolute Gasteiger partial charge is 0.361 e. The van der Waals surface area contributed by atoms with Crippen LogP contribution < -0.4 is 5.32 Å². The van der Waals surface area contributed by atoms with Crippen molar-refractivity contribution >= 4 is 33.1 Å². The molecular formula is C25H20N2O. The first kappa shape index (κ1) is 16.6. The van der Waals surface area contributed by atoms with Gasteiger partial charge in [0, 0.05) is 17.8 Å². The fourth-order valence-corrected chi connectivity index (χ4v) is 4.19. The summed E-state index contributed by atoms with van der Waals surface area (Å²) in [6.07, 6.45) is 1.52. The van der Waals surface area contributed by atoms with E-state index in [-0.39, 0.29) is 12.1 Å². The summed E-state index contributed by atoms with van der Waals surface area (Å²) in [6.45, 7) is 4.35. The van der Waals surface area contributed by atoms with Gasteiger partial charge in [-0.1, -0.05) is 66.7 Å². The van der Waals surface area contributed by atoms with Gasteiger partial charge in [0.1, 0.15) is 6.17 Å². The van der Waals surface area contributed by atoms with Gasteiger partial charge in [0.25, 0.3) is 5.91 Å². The lowest BCUT2D eigenvalue weighted by Gasteiger charge is -2.38. The van der Waals surface area contributed by atoms with Crippen LogP contribution in [-0.2, 0) is 0 Å². The summed E-state index contributed by atoms with van der Waals surface area (Å²) in [5.41, 5.74) is 2.69. The molecular weight excluding hydrogens is 344 g/mol. The van der Waals surface area contributed by atoms with E-state index < -0.39 is 0 Å². The molecule has 0 fully saturated rings. The number of carbonyl (C=O) groups excluding carboxylic acids is 1. The molecule has 1 amide bonds. The third-order valence-corrected chi connectivity index (χ3v) is 5.43. The first-order chi connectivity index (χ1) is 13.8. The van der Waals surface area contributed by atoms with Crippen LogP contribution in [0, 0.1) is 0 Å². The van der Waals surface area contributed by atoms with Gasteiger partial charge in [-0.3, -0.25) is 4.79 Å². The lowest BCUT2D eigenvalue weighted by Crippen LogP contribution is -2.43. The number of anilines is 1. The van der Waals surface area contributed by atoms with Crippen LogP contribution in [0.4, 0.5) is 5.69 Å². The second-order valence-corrected chi connectivity index (χ2v) is 7.07. The highest BCUT2D eigenvalue weighted by molar-refractivity contribution is 6.06. The van der Waals surface area contributed by atoms with Gasteiger partial charge in [-0.15, -0.1) is 6.58 Å². The molecule has 28 heavy (non-hydrogen) atoms. The van der Waals surface area contributed by atoms with Crippen molar-refractivity contribution in [3.63, 3.8) is 0 Å². The van der Waals surface area contributed by atoms with E-state index in [9.17, 15) is 4.79 Å². The number of rotatable bonds is 3. The predicted octanol–water partition coefficient (Wildman–Crippen LogP) is 5.75. The van der Waals surface area contributed by atoms with E-state index in [1.165, 1.54) is 10.8 Å². The van der Waals surface area contributed by atoms with E-state index in [1.54, 1.807) is 6.08 Å². The van der Waals surface area contributed by atoms with Crippen LogP contribution in [0.2, 0.25) is 0 Å². The van der Waals surface area contributed by atoms with Gasteiger partial charge in [0.2, 0.25) is 0 Å². The Bertz CT molecular complexity index is 1170. The minimum atomic E-state index is -0.267. The molecule has 0 aliphatic carbocycles. The first-order valence-corrected chi connectivity index (χ1v) is 9.46. The van der Waals surface area contributed by atoms with Crippen LogP contribution in [-0.4, -0.2) is 17.4 Å². The topological polar surface area (TPSA) is 32.3 Å². The summed E-state index contributed by atoms with van der Waals surface area (Å²) in [5, 5.41) is 8.26. The highest BCUT2D eigenvalue weighted by Crippen LogP contribution is 2.39. The molecule has 1 aliphatic heterocycles. The van der Waals surface area contributed by atoms with Crippen molar-refractivity contribution in [1.29, 1.82) is 0 Å². The zero-order valence-electron chi connectivity index (χ0n) is 15.4. The van der Waals surface area contributed by atoms with Gasteiger partial charge < -0.3 is 10.2 Å². The molecule has 3 heteroatoms. The Morgan fingerprint density at radius 3 is 2.18 bits per heavy atom. The van der Waals surface area contributed by atoms with E-state index >= 15 is 0 Å². The van der Waals surface area contributed by atoms with Gasteiger partial charge in [0.15, 0.2) is 0 Å². The maximum atomic E-state index is 13.3. The smallest absolute Gasteiger partial charge is 0.258 e. The van der Waals surface area contributed by atoms with Crippen LogP contribution in [0.15, 0.2) is 91.5 Å². The van der Waals surface area contributed by atoms with Crippen LogP contribution in [0.25, 0.3) is 21.5 Å². The number of benzene rings is 4. The van der Waals surface area contributed by atoms with Gasteiger partial charge in [-0.2, -0.15) is 0 Å². The maximum Gasteiger partial charge on any atom is 0.258 e. The number of nitrogens with zero attached hydrogens (tertiary/aromatic N) is 1. The standard InChI is InChI=1S/C25H20N2O/c1-2-15-27-24(26-22-14-8-7-13-21(22)25(27)28)23-19-11-5-3-9-17(19)16-18-10-4-6-12-20(18)23/h2-14,16,24,26H,1,15H2. The van der Waals surface area contributed by atoms with E-state index in [2.05, 4.69) is 66.5 Å². The van der Waals surface area contributed by atoms with E-state index in [1.807, 2.05) is 29.2 Å². The molecule has 0 bridgehead atoms. The molecule has 1 N–H and O–H groups in total. The summed E-state index contributed by atoms with van der Waals surface area (Å²) in [7, 11) is 0. The third-order valence-electron chi connectivity index (χ3n) is 5.43. The number of fused-ring (bicyclic) bond motifs is 3. The Morgan fingerprint density at radius 1 is 0.893 bits per heavy atom. The molecule has 0 saturated carbocycles. The van der Waals surface area contributed by atoms with Crippen molar-refractivity contribution in [3.05, 3.63) is 103 Å². The molecule has 1 aliphatic rings. The summed E-state index contributed by atoms with van der Waals surface area (Å²) in [4.78, 5) is 15.2. The maximum absolute atomic E-state index is 13.3. The first-order valence-electron chi connectivity index (χ1n) is 9.46. The number of hydrogen-bond donors (Lipinski definition) is 1. The molecule has 1 atom stereocenters. The quantitative estimate of drug-likeness (QED) is 0.371. The van der Waals surface area contributed by atoms with Crippen LogP contribution in [0.5, 0.6) is 0 Å². The highest BCUT2D eigenvalue weighted by atomic mass is 16.2. The van der Waals surface area contributed by atoms with Crippen molar-refractivity contribution in [2.24, 2.45) is 0 Å². The Labute approximate surface area is 163 Å². The fourth-order valence-electron chi connectivity index (χ4n) is 4.19. The molecule has 0 saturated heterocycles. The van der Waals surface area contributed by atoms with E-state index in [0.717, 1.165) is 22.0 Å². The van der Waals surface area contributed by atoms with Crippen LogP contribution in [0.1, 0.15) is 22.1 Å². The number of hydrogen-bond acceptors (Lipinski definition) is 2. The lowest BCUT2D eigenvalue weighted by atomic mass is 9.92. The molecule has 136 valence electrons. The fraction of sp³-hybridized carbons (Fsp3) is 0.0800. The van der Waals surface area contributed by atoms with Crippen LogP contribution >= 0.6 is 0 Å².